The van der Waals surface area contributed by atoms with Gasteiger partial charge in [-0.25, -0.2) is 0 Å². The molecule has 0 bridgehead atoms. The Bertz CT molecular complexity index is 1860. The summed E-state index contributed by atoms with van der Waals surface area (Å²) in [6.45, 7) is 5.89. The quantitative estimate of drug-likeness (QED) is 0.104. The van der Waals surface area contributed by atoms with Crippen LogP contribution in [0.5, 0.6) is 5.75 Å². The number of halogens is 1. The molecule has 1 aromatic heterocycles. The molecular formula is C34H39ClN8O5Si. The first kappa shape index (κ1) is 35.3. The number of amides is 3. The van der Waals surface area contributed by atoms with Gasteiger partial charge in [0.15, 0.2) is 5.82 Å². The fourth-order valence-electron chi connectivity index (χ4n) is 5.21. The number of aryl methyl sites for hydroxylation is 1. The van der Waals surface area contributed by atoms with Crippen LogP contribution in [-0.2, 0) is 9.59 Å². The van der Waals surface area contributed by atoms with E-state index in [4.69, 9.17) is 21.3 Å². The van der Waals surface area contributed by atoms with E-state index in [-0.39, 0.29) is 36.9 Å². The van der Waals surface area contributed by atoms with Crippen LogP contribution in [0.15, 0.2) is 71.7 Å². The predicted molar refractivity (Wildman–Crippen MR) is 190 cm³/mol. The van der Waals surface area contributed by atoms with Crippen molar-refractivity contribution in [2.45, 2.75) is 32.5 Å². The summed E-state index contributed by atoms with van der Waals surface area (Å²) in [5.74, 6) is 0.823. The Balaban J connectivity index is 1.18. The number of hydrogen-bond donors (Lipinski definition) is 5. The summed E-state index contributed by atoms with van der Waals surface area (Å²) >= 11 is 6.18. The molecule has 0 unspecified atom stereocenters. The van der Waals surface area contributed by atoms with Crippen molar-refractivity contribution < 1.29 is 23.9 Å². The van der Waals surface area contributed by atoms with E-state index in [1.807, 2.05) is 41.8 Å². The van der Waals surface area contributed by atoms with Crippen molar-refractivity contribution in [2.75, 3.05) is 38.2 Å². The van der Waals surface area contributed by atoms with Gasteiger partial charge in [-0.05, 0) is 74.6 Å². The topological polar surface area (TPSA) is 172 Å². The number of fused-ring (bicyclic) bond motifs is 3. The average molecular weight is 703 g/mol. The molecule has 5 N–H and O–H groups in total. The van der Waals surface area contributed by atoms with E-state index in [9.17, 15) is 19.2 Å². The van der Waals surface area contributed by atoms with E-state index in [0.29, 0.717) is 46.8 Å². The largest absolute Gasteiger partial charge is 0.497 e. The van der Waals surface area contributed by atoms with Gasteiger partial charge in [-0.3, -0.25) is 23.9 Å². The van der Waals surface area contributed by atoms with Crippen LogP contribution in [0.1, 0.15) is 45.6 Å². The summed E-state index contributed by atoms with van der Waals surface area (Å²) in [6.07, 6.45) is 0.210. The highest BCUT2D eigenvalue weighted by atomic mass is 35.5. The molecule has 0 saturated carbocycles. The first-order chi connectivity index (χ1) is 23.4. The molecule has 2 heterocycles. The third kappa shape index (κ3) is 9.10. The van der Waals surface area contributed by atoms with Crippen LogP contribution in [0.25, 0.3) is 5.69 Å². The lowest BCUT2D eigenvalue weighted by Crippen LogP contribution is -2.42. The highest BCUT2D eigenvalue weighted by Crippen LogP contribution is 2.34. The number of anilines is 1. The van der Waals surface area contributed by atoms with Gasteiger partial charge >= 0.3 is 0 Å². The number of benzene rings is 3. The van der Waals surface area contributed by atoms with Gasteiger partial charge in [-0.1, -0.05) is 23.7 Å². The van der Waals surface area contributed by atoms with Crippen LogP contribution in [-0.4, -0.2) is 84.2 Å². The minimum absolute atomic E-state index is 0.0666. The van der Waals surface area contributed by atoms with Crippen LogP contribution in [0.4, 0.5) is 5.69 Å². The Morgan fingerprint density at radius 2 is 1.67 bits per heavy atom. The van der Waals surface area contributed by atoms with Crippen molar-refractivity contribution in [1.82, 2.24) is 30.7 Å². The standard InChI is InChI=1S/C34H39ClN8O5Si/c1-21-41-42-33-28(40-32(22-5-9-24(35)10-6-22)27-17-26(48-2)13-14-29(27)43(21)33)18-30(44)38-19-31(45)37-16-15-36-25-11-7-23(8-12-25)34(46)39-20-49(3,4)47/h5-14,17,28,36,47H,15-16,18-20H2,1-4H3,(H,37,45)(H,38,44)(H,39,46)/t28-/m0/s1. The second-order valence-corrected chi connectivity index (χ2v) is 16.6. The van der Waals surface area contributed by atoms with Crippen LogP contribution in [0, 0.1) is 6.92 Å². The summed E-state index contributed by atoms with van der Waals surface area (Å²) in [5, 5.41) is 20.7. The number of nitrogens with zero attached hydrogens (tertiary/aromatic N) is 4. The molecule has 256 valence electrons. The molecular weight excluding hydrogens is 664 g/mol. The first-order valence-corrected chi connectivity index (χ1v) is 19.3. The molecule has 3 amide bonds. The summed E-state index contributed by atoms with van der Waals surface area (Å²) < 4.78 is 7.40. The molecule has 1 aliphatic heterocycles. The summed E-state index contributed by atoms with van der Waals surface area (Å²) in [4.78, 5) is 52.9. The molecule has 0 saturated heterocycles. The number of methoxy groups -OCH3 is 1. The van der Waals surface area contributed by atoms with Gasteiger partial charge in [0.05, 0.1) is 31.5 Å². The maximum absolute atomic E-state index is 13.2. The van der Waals surface area contributed by atoms with Crippen molar-refractivity contribution >= 4 is 49.0 Å². The Morgan fingerprint density at radius 3 is 2.37 bits per heavy atom. The molecule has 1 atom stereocenters. The van der Waals surface area contributed by atoms with Crippen molar-refractivity contribution in [3.8, 4) is 11.4 Å². The van der Waals surface area contributed by atoms with E-state index in [2.05, 4.69) is 31.5 Å². The van der Waals surface area contributed by atoms with Gasteiger partial charge in [0.25, 0.3) is 5.91 Å². The van der Waals surface area contributed by atoms with Crippen molar-refractivity contribution in [3.63, 3.8) is 0 Å². The average Bonchev–Trinajstić information content (AvgIpc) is 3.41. The Kier molecular flexibility index (Phi) is 11.1. The molecule has 15 heteroatoms. The fourth-order valence-corrected chi connectivity index (χ4v) is 5.93. The number of rotatable bonds is 13. The number of ether oxygens (including phenoxy) is 1. The number of hydrogen-bond acceptors (Lipinski definition) is 9. The highest BCUT2D eigenvalue weighted by Gasteiger charge is 2.30. The molecule has 0 radical (unpaired) electrons. The second kappa shape index (κ2) is 15.4. The Hall–Kier alpha value is -5.05. The van der Waals surface area contributed by atoms with Crippen molar-refractivity contribution in [2.24, 2.45) is 4.99 Å². The van der Waals surface area contributed by atoms with Gasteiger partial charge in [0.2, 0.25) is 20.1 Å². The van der Waals surface area contributed by atoms with Crippen LogP contribution >= 0.6 is 11.6 Å². The molecule has 13 nitrogen and oxygen atoms in total. The smallest absolute Gasteiger partial charge is 0.251 e. The summed E-state index contributed by atoms with van der Waals surface area (Å²) in [6, 6.07) is 19.2. The lowest BCUT2D eigenvalue weighted by molar-refractivity contribution is -0.126. The highest BCUT2D eigenvalue weighted by molar-refractivity contribution is 6.70. The molecule has 0 spiro atoms. The number of carbonyl (C=O) groups excluding carboxylic acids is 3. The van der Waals surface area contributed by atoms with Gasteiger partial charge in [0.1, 0.15) is 17.6 Å². The van der Waals surface area contributed by atoms with Crippen LogP contribution < -0.4 is 26.0 Å². The first-order valence-electron chi connectivity index (χ1n) is 15.7. The third-order valence-corrected chi connectivity index (χ3v) is 8.97. The number of carbonyl (C=O) groups is 3. The molecule has 3 aromatic carbocycles. The number of aliphatic imine (C=N–C) groups is 1. The van der Waals surface area contributed by atoms with Crippen molar-refractivity contribution in [1.29, 1.82) is 0 Å². The molecule has 49 heavy (non-hydrogen) atoms. The van der Waals surface area contributed by atoms with Gasteiger partial charge in [-0.15, -0.1) is 10.2 Å². The monoisotopic (exact) mass is 702 g/mol. The normalized spacial score (nSPS) is 13.7. The zero-order valence-electron chi connectivity index (χ0n) is 27.7. The SMILES string of the molecule is COc1ccc2c(c1)C(c1ccc(Cl)cc1)=N[C@@H](CC(=O)NCC(=O)NCCNc1ccc(C(=O)NC[Si](C)(C)O)cc1)c1nnc(C)n1-2. The predicted octanol–water partition coefficient (Wildman–Crippen LogP) is 3.33. The van der Waals surface area contributed by atoms with Gasteiger partial charge in [0, 0.05) is 46.7 Å². The van der Waals surface area contributed by atoms with E-state index < -0.39 is 14.4 Å². The zero-order valence-corrected chi connectivity index (χ0v) is 29.5. The Labute approximate surface area is 290 Å². The second-order valence-electron chi connectivity index (χ2n) is 12.2. The maximum Gasteiger partial charge on any atom is 0.251 e. The summed E-state index contributed by atoms with van der Waals surface area (Å²) in [5.41, 5.74) is 4.30. The molecule has 0 aliphatic carbocycles. The molecule has 4 aromatic rings. The van der Waals surface area contributed by atoms with E-state index in [0.717, 1.165) is 22.5 Å². The third-order valence-electron chi connectivity index (χ3n) is 7.68. The maximum atomic E-state index is 13.2. The van der Waals surface area contributed by atoms with E-state index in [1.54, 1.807) is 56.6 Å². The van der Waals surface area contributed by atoms with E-state index in [1.165, 1.54) is 0 Å². The number of nitrogens with one attached hydrogen (secondary N) is 4. The lowest BCUT2D eigenvalue weighted by Gasteiger charge is -2.15. The van der Waals surface area contributed by atoms with Crippen molar-refractivity contribution in [3.05, 3.63) is 100 Å². The van der Waals surface area contributed by atoms with E-state index >= 15 is 0 Å². The minimum atomic E-state index is -2.38. The van der Waals surface area contributed by atoms with Gasteiger partial charge in [-0.2, -0.15) is 0 Å². The zero-order chi connectivity index (χ0) is 35.1. The molecule has 0 fully saturated rings. The summed E-state index contributed by atoms with van der Waals surface area (Å²) in [7, 11) is -0.786. The Morgan fingerprint density at radius 1 is 0.939 bits per heavy atom. The van der Waals surface area contributed by atoms with Gasteiger partial charge < -0.3 is 30.8 Å². The lowest BCUT2D eigenvalue weighted by atomic mass is 10.00. The van der Waals surface area contributed by atoms with Crippen LogP contribution in [0.3, 0.4) is 0 Å². The molecule has 5 rings (SSSR count). The minimum Gasteiger partial charge on any atom is -0.497 e. The fraction of sp³-hybridized carbons (Fsp3) is 0.294. The number of aromatic nitrogens is 3. The molecule has 1 aliphatic rings. The van der Waals surface area contributed by atoms with Crippen LogP contribution in [0.2, 0.25) is 18.1 Å².